The number of hydrogen-bond acceptors (Lipinski definition) is 5. The first-order valence-electron chi connectivity index (χ1n) is 10.3. The van der Waals surface area contributed by atoms with Crippen LogP contribution in [0.4, 0.5) is 13.2 Å². The van der Waals surface area contributed by atoms with E-state index in [1.54, 1.807) is 0 Å². The van der Waals surface area contributed by atoms with E-state index in [2.05, 4.69) is 0 Å². The number of benzene rings is 1. The van der Waals surface area contributed by atoms with Gasteiger partial charge in [-0.05, 0) is 37.5 Å². The van der Waals surface area contributed by atoms with Gasteiger partial charge >= 0.3 is 12.1 Å². The Kier molecular flexibility index (Phi) is 9.46. The molecule has 1 aromatic rings. The largest absolute Gasteiger partial charge is 0.491 e. The van der Waals surface area contributed by atoms with Crippen LogP contribution in [0.3, 0.4) is 0 Å². The molecule has 0 saturated heterocycles. The van der Waals surface area contributed by atoms with Crippen molar-refractivity contribution in [3.63, 3.8) is 0 Å². The van der Waals surface area contributed by atoms with E-state index in [0.29, 0.717) is 19.3 Å². The molecule has 4 atom stereocenters. The van der Waals surface area contributed by atoms with Gasteiger partial charge in [-0.3, -0.25) is 9.59 Å². The molecule has 0 aromatic heterocycles. The summed E-state index contributed by atoms with van der Waals surface area (Å²) in [6, 6.07) is 4.31. The number of aliphatic hydroxyl groups excluding tert-OH is 2. The predicted octanol–water partition coefficient (Wildman–Crippen LogP) is 3.77. The Hall–Kier alpha value is -2.65. The van der Waals surface area contributed by atoms with Crippen LogP contribution in [0.25, 0.3) is 0 Å². The van der Waals surface area contributed by atoms with Crippen LogP contribution in [-0.2, 0) is 15.8 Å². The molecule has 6 nitrogen and oxygen atoms in total. The molecule has 0 bridgehead atoms. The number of ketones is 1. The molecule has 0 radical (unpaired) electrons. The van der Waals surface area contributed by atoms with Crippen LogP contribution < -0.4 is 4.74 Å². The van der Waals surface area contributed by atoms with Crippen molar-refractivity contribution in [2.75, 3.05) is 6.61 Å². The normalized spacial score (nSPS) is 22.7. The van der Waals surface area contributed by atoms with Gasteiger partial charge in [-0.25, -0.2) is 0 Å². The molecule has 0 heterocycles. The minimum absolute atomic E-state index is 0.00333. The molecule has 1 fully saturated rings. The highest BCUT2D eigenvalue weighted by Gasteiger charge is 2.39. The maximum Gasteiger partial charge on any atom is 0.416 e. The monoisotopic (exact) mass is 456 g/mol. The average Bonchev–Trinajstić information content (AvgIpc) is 2.99. The predicted molar refractivity (Wildman–Crippen MR) is 110 cm³/mol. The second-order valence-corrected chi connectivity index (χ2v) is 7.71. The van der Waals surface area contributed by atoms with Gasteiger partial charge in [0.1, 0.15) is 24.2 Å². The van der Waals surface area contributed by atoms with E-state index in [1.807, 2.05) is 12.2 Å². The summed E-state index contributed by atoms with van der Waals surface area (Å²) in [5, 5.41) is 28.9. The molecule has 176 valence electrons. The molecule has 2 unspecified atom stereocenters. The van der Waals surface area contributed by atoms with E-state index in [1.165, 1.54) is 24.3 Å². The molecular weight excluding hydrogens is 429 g/mol. The Morgan fingerprint density at radius 3 is 2.72 bits per heavy atom. The molecule has 1 aliphatic carbocycles. The van der Waals surface area contributed by atoms with E-state index in [0.717, 1.165) is 12.1 Å². The third-order valence-corrected chi connectivity index (χ3v) is 5.20. The van der Waals surface area contributed by atoms with E-state index >= 15 is 0 Å². The number of alkyl halides is 3. The summed E-state index contributed by atoms with van der Waals surface area (Å²) in [7, 11) is 0. The molecular formula is C23H27F3O6. The Balaban J connectivity index is 1.88. The van der Waals surface area contributed by atoms with Crippen LogP contribution in [0.1, 0.15) is 37.7 Å². The van der Waals surface area contributed by atoms with Gasteiger partial charge in [0.15, 0.2) is 0 Å². The highest BCUT2D eigenvalue weighted by atomic mass is 19.4. The molecule has 0 aliphatic heterocycles. The topological polar surface area (TPSA) is 104 Å². The Labute approximate surface area is 184 Å². The first-order chi connectivity index (χ1) is 15.1. The molecule has 9 heteroatoms. The fourth-order valence-corrected chi connectivity index (χ4v) is 3.52. The smallest absolute Gasteiger partial charge is 0.416 e. The van der Waals surface area contributed by atoms with E-state index in [9.17, 15) is 33.0 Å². The van der Waals surface area contributed by atoms with Crippen LogP contribution in [-0.4, -0.2) is 45.9 Å². The van der Waals surface area contributed by atoms with Crippen molar-refractivity contribution in [2.24, 2.45) is 11.8 Å². The Morgan fingerprint density at radius 1 is 1.28 bits per heavy atom. The molecule has 0 amide bonds. The maximum atomic E-state index is 12.7. The standard InChI is InChI=1S/C23H27F3O6/c24-23(25,26)15-6-5-7-17(12-15)32-14-16(27)10-11-19-18(20(28)13-21(19)29)8-3-1-2-4-9-22(30)31/h1,3,5-7,10-12,16,18-20,27-28H,2,4,8-9,13-14H2,(H,30,31)/b3-1-,11-10+/t16?,18-,19-,20?/m1/s1. The maximum absolute atomic E-state index is 12.7. The van der Waals surface area contributed by atoms with Crippen LogP contribution >= 0.6 is 0 Å². The van der Waals surface area contributed by atoms with Gasteiger partial charge in [0.25, 0.3) is 0 Å². The lowest BCUT2D eigenvalue weighted by atomic mass is 9.90. The number of carboxylic acids is 1. The number of ether oxygens (including phenoxy) is 1. The number of halogens is 3. The van der Waals surface area contributed by atoms with Gasteiger partial charge in [-0.15, -0.1) is 0 Å². The number of rotatable bonds is 11. The summed E-state index contributed by atoms with van der Waals surface area (Å²) in [6.45, 7) is -0.296. The van der Waals surface area contributed by atoms with Gasteiger partial charge < -0.3 is 20.1 Å². The Bertz CT molecular complexity index is 833. The number of hydrogen-bond donors (Lipinski definition) is 3. The number of aliphatic hydroxyl groups is 2. The molecule has 1 aliphatic rings. The first-order valence-corrected chi connectivity index (χ1v) is 10.3. The summed E-state index contributed by atoms with van der Waals surface area (Å²) in [4.78, 5) is 22.7. The second kappa shape index (κ2) is 11.8. The zero-order chi connectivity index (χ0) is 23.7. The fraction of sp³-hybridized carbons (Fsp3) is 0.478. The van der Waals surface area contributed by atoms with Crippen molar-refractivity contribution in [2.45, 2.75) is 50.5 Å². The average molecular weight is 456 g/mol. The van der Waals surface area contributed by atoms with E-state index < -0.39 is 35.8 Å². The third kappa shape index (κ3) is 8.12. The number of unbranched alkanes of at least 4 members (excludes halogenated alkanes) is 1. The number of Topliss-reactive ketones (excluding diaryl/α,β-unsaturated/α-hetero) is 1. The summed E-state index contributed by atoms with van der Waals surface area (Å²) < 4.78 is 43.5. The van der Waals surface area contributed by atoms with E-state index in [4.69, 9.17) is 9.84 Å². The first kappa shape index (κ1) is 25.6. The lowest BCUT2D eigenvalue weighted by Gasteiger charge is -2.17. The van der Waals surface area contributed by atoms with Crippen molar-refractivity contribution in [1.82, 2.24) is 0 Å². The molecule has 1 saturated carbocycles. The van der Waals surface area contributed by atoms with Gasteiger partial charge in [0.2, 0.25) is 0 Å². The minimum Gasteiger partial charge on any atom is -0.491 e. The highest BCUT2D eigenvalue weighted by molar-refractivity contribution is 5.86. The lowest BCUT2D eigenvalue weighted by Crippen LogP contribution is -2.20. The molecule has 0 spiro atoms. The van der Waals surface area contributed by atoms with Crippen molar-refractivity contribution in [3.8, 4) is 5.75 Å². The number of aliphatic carboxylic acids is 1. The van der Waals surface area contributed by atoms with Gasteiger partial charge in [-0.1, -0.05) is 30.4 Å². The summed E-state index contributed by atoms with van der Waals surface area (Å²) in [5.41, 5.74) is -0.857. The van der Waals surface area contributed by atoms with Gasteiger partial charge in [0, 0.05) is 24.7 Å². The second-order valence-electron chi connectivity index (χ2n) is 7.71. The van der Waals surface area contributed by atoms with Crippen molar-refractivity contribution < 1.29 is 42.8 Å². The van der Waals surface area contributed by atoms with Gasteiger partial charge in [-0.2, -0.15) is 13.2 Å². The van der Waals surface area contributed by atoms with Crippen molar-refractivity contribution >= 4 is 11.8 Å². The molecule has 2 rings (SSSR count). The van der Waals surface area contributed by atoms with E-state index in [-0.39, 0.29) is 36.9 Å². The third-order valence-electron chi connectivity index (χ3n) is 5.20. The fourth-order valence-electron chi connectivity index (χ4n) is 3.52. The quantitative estimate of drug-likeness (QED) is 0.346. The number of allylic oxidation sites excluding steroid dienone is 3. The number of carboxylic acid groups (broad SMARTS) is 1. The highest BCUT2D eigenvalue weighted by Crippen LogP contribution is 2.34. The number of carbonyl (C=O) groups excluding carboxylic acids is 1. The van der Waals surface area contributed by atoms with Crippen molar-refractivity contribution in [3.05, 3.63) is 54.1 Å². The summed E-state index contributed by atoms with van der Waals surface area (Å²) >= 11 is 0. The SMILES string of the molecule is O=C(O)CCC/C=C\C[C@H]1C(O)CC(=O)[C@@H]1/C=C/C(O)COc1cccc(C(F)(F)F)c1. The minimum atomic E-state index is -4.50. The van der Waals surface area contributed by atoms with Crippen LogP contribution in [0.2, 0.25) is 0 Å². The Morgan fingerprint density at radius 2 is 2.03 bits per heavy atom. The van der Waals surface area contributed by atoms with Crippen LogP contribution in [0.5, 0.6) is 5.75 Å². The summed E-state index contributed by atoms with van der Waals surface area (Å²) in [5.74, 6) is -2.03. The number of carbonyl (C=O) groups is 2. The van der Waals surface area contributed by atoms with Crippen molar-refractivity contribution in [1.29, 1.82) is 0 Å². The summed E-state index contributed by atoms with van der Waals surface area (Å²) in [6.07, 6.45) is 1.58. The molecule has 3 N–H and O–H groups in total. The van der Waals surface area contributed by atoms with Gasteiger partial charge in [0.05, 0.1) is 11.7 Å². The molecule has 1 aromatic carbocycles. The zero-order valence-corrected chi connectivity index (χ0v) is 17.4. The molecule has 32 heavy (non-hydrogen) atoms. The zero-order valence-electron chi connectivity index (χ0n) is 17.4. The van der Waals surface area contributed by atoms with Crippen LogP contribution in [0, 0.1) is 11.8 Å². The van der Waals surface area contributed by atoms with Crippen LogP contribution in [0.15, 0.2) is 48.6 Å². The lowest BCUT2D eigenvalue weighted by molar-refractivity contribution is -0.138.